The van der Waals surface area contributed by atoms with Crippen LogP contribution in [0.25, 0.3) is 0 Å². The van der Waals surface area contributed by atoms with Crippen molar-refractivity contribution in [1.82, 2.24) is 0 Å². The van der Waals surface area contributed by atoms with Crippen LogP contribution in [0.3, 0.4) is 0 Å². The number of hydrogen-bond donors (Lipinski definition) is 0. The minimum absolute atomic E-state index is 0.457. The summed E-state index contributed by atoms with van der Waals surface area (Å²) >= 11 is 0. The highest BCUT2D eigenvalue weighted by Crippen LogP contribution is 2.61. The van der Waals surface area contributed by atoms with Gasteiger partial charge in [0.1, 0.15) is 0 Å². The lowest BCUT2D eigenvalue weighted by Gasteiger charge is -2.58. The van der Waals surface area contributed by atoms with Gasteiger partial charge in [-0.05, 0) is 61.2 Å². The summed E-state index contributed by atoms with van der Waals surface area (Å²) in [4.78, 5) is 0. The molecule has 0 spiro atoms. The molecular weight excluding hydrogens is 240 g/mol. The van der Waals surface area contributed by atoms with Crippen molar-refractivity contribution in [2.24, 2.45) is 22.7 Å². The second-order valence-corrected chi connectivity index (χ2v) is 8.05. The zero-order valence-electron chi connectivity index (χ0n) is 13.8. The third-order valence-electron chi connectivity index (χ3n) is 6.36. The summed E-state index contributed by atoms with van der Waals surface area (Å²) in [5, 5.41) is 0. The van der Waals surface area contributed by atoms with Crippen LogP contribution in [0.2, 0.25) is 0 Å². The third kappa shape index (κ3) is 2.67. The first-order chi connectivity index (χ1) is 9.31. The average molecular weight is 272 g/mol. The standard InChI is InChI=1S/C20H32/c1-7-15(2)9-11-17-16(3)10-12-18-19(4,5)13-8-14-20(17,18)6/h7,17-18H,1-3,8-14H2,4-6H3/t17-,18+,20-/m1/s1. The van der Waals surface area contributed by atoms with Crippen molar-refractivity contribution in [2.75, 3.05) is 0 Å². The summed E-state index contributed by atoms with van der Waals surface area (Å²) in [7, 11) is 0. The Morgan fingerprint density at radius 2 is 2.00 bits per heavy atom. The van der Waals surface area contributed by atoms with Crippen LogP contribution in [-0.2, 0) is 0 Å². The van der Waals surface area contributed by atoms with Crippen molar-refractivity contribution in [3.8, 4) is 0 Å². The van der Waals surface area contributed by atoms with Crippen molar-refractivity contribution < 1.29 is 0 Å². The quantitative estimate of drug-likeness (QED) is 0.415. The molecule has 112 valence electrons. The highest BCUT2D eigenvalue weighted by atomic mass is 14.6. The maximum atomic E-state index is 4.43. The van der Waals surface area contributed by atoms with Gasteiger partial charge < -0.3 is 0 Å². The SMILES string of the molecule is C=CC(=C)CC[C@@H]1C(=C)CC[C@H]2C(C)(C)CCC[C@]12C. The summed E-state index contributed by atoms with van der Waals surface area (Å²) in [6, 6.07) is 0. The number of rotatable bonds is 4. The molecule has 0 nitrogen and oxygen atoms in total. The molecule has 2 rings (SSSR count). The van der Waals surface area contributed by atoms with E-state index >= 15 is 0 Å². The van der Waals surface area contributed by atoms with E-state index in [1.807, 2.05) is 6.08 Å². The molecule has 0 heteroatoms. The molecule has 0 amide bonds. The predicted molar refractivity (Wildman–Crippen MR) is 89.7 cm³/mol. The summed E-state index contributed by atoms with van der Waals surface area (Å²) in [5.74, 6) is 1.54. The fourth-order valence-corrected chi connectivity index (χ4v) is 5.24. The van der Waals surface area contributed by atoms with Gasteiger partial charge in [-0.1, -0.05) is 64.2 Å². The van der Waals surface area contributed by atoms with E-state index in [1.54, 1.807) is 0 Å². The smallest absolute Gasteiger partial charge is 0.0146 e. The van der Waals surface area contributed by atoms with Gasteiger partial charge in [-0.25, -0.2) is 0 Å². The van der Waals surface area contributed by atoms with Crippen molar-refractivity contribution in [3.63, 3.8) is 0 Å². The maximum absolute atomic E-state index is 4.43. The summed E-state index contributed by atoms with van der Waals surface area (Å²) in [6.07, 6.45) is 10.9. The molecule has 2 saturated carbocycles. The Morgan fingerprint density at radius 3 is 2.65 bits per heavy atom. The van der Waals surface area contributed by atoms with Crippen LogP contribution in [0.4, 0.5) is 0 Å². The van der Waals surface area contributed by atoms with Gasteiger partial charge in [0.05, 0.1) is 0 Å². The first-order valence-electron chi connectivity index (χ1n) is 8.29. The molecule has 0 unspecified atom stereocenters. The van der Waals surface area contributed by atoms with Gasteiger partial charge in [-0.2, -0.15) is 0 Å². The van der Waals surface area contributed by atoms with Crippen molar-refractivity contribution in [1.29, 1.82) is 0 Å². The summed E-state index contributed by atoms with van der Waals surface area (Å²) in [6.45, 7) is 19.9. The molecule has 0 bridgehead atoms. The molecule has 2 aliphatic rings. The van der Waals surface area contributed by atoms with Gasteiger partial charge >= 0.3 is 0 Å². The predicted octanol–water partition coefficient (Wildman–Crippen LogP) is 6.31. The second-order valence-electron chi connectivity index (χ2n) is 8.05. The third-order valence-corrected chi connectivity index (χ3v) is 6.36. The average Bonchev–Trinajstić information content (AvgIpc) is 2.36. The van der Waals surface area contributed by atoms with Crippen LogP contribution in [0, 0.1) is 22.7 Å². The molecule has 0 aromatic rings. The Hall–Kier alpha value is -0.780. The molecule has 0 aromatic heterocycles. The first-order valence-corrected chi connectivity index (χ1v) is 8.29. The van der Waals surface area contributed by atoms with Crippen LogP contribution >= 0.6 is 0 Å². The normalized spacial score (nSPS) is 36.2. The van der Waals surface area contributed by atoms with Crippen LogP contribution in [0.15, 0.2) is 37.0 Å². The molecule has 2 aliphatic carbocycles. The molecule has 0 radical (unpaired) electrons. The van der Waals surface area contributed by atoms with E-state index < -0.39 is 0 Å². The van der Waals surface area contributed by atoms with E-state index in [2.05, 4.69) is 40.5 Å². The van der Waals surface area contributed by atoms with E-state index in [9.17, 15) is 0 Å². The largest absolute Gasteiger partial charge is 0.0996 e. The van der Waals surface area contributed by atoms with Gasteiger partial charge in [0.15, 0.2) is 0 Å². The summed E-state index contributed by atoms with van der Waals surface area (Å²) < 4.78 is 0. The van der Waals surface area contributed by atoms with Gasteiger partial charge in [-0.15, -0.1) is 0 Å². The lowest BCUT2D eigenvalue weighted by atomic mass is 9.47. The molecule has 2 fully saturated rings. The number of hydrogen-bond acceptors (Lipinski definition) is 0. The van der Waals surface area contributed by atoms with Crippen molar-refractivity contribution >= 4 is 0 Å². The van der Waals surface area contributed by atoms with E-state index in [1.165, 1.54) is 49.7 Å². The van der Waals surface area contributed by atoms with Gasteiger partial charge in [-0.3, -0.25) is 0 Å². The molecule has 0 heterocycles. The Balaban J connectivity index is 2.22. The fourth-order valence-electron chi connectivity index (χ4n) is 5.24. The maximum Gasteiger partial charge on any atom is -0.0146 e. The van der Waals surface area contributed by atoms with Gasteiger partial charge in [0.2, 0.25) is 0 Å². The molecule has 0 saturated heterocycles. The zero-order chi connectivity index (χ0) is 15.0. The Bertz CT molecular complexity index is 412. The second kappa shape index (κ2) is 5.54. The molecule has 0 aliphatic heterocycles. The van der Waals surface area contributed by atoms with Crippen molar-refractivity contribution in [3.05, 3.63) is 37.0 Å². The molecule has 20 heavy (non-hydrogen) atoms. The van der Waals surface area contributed by atoms with Gasteiger partial charge in [0.25, 0.3) is 0 Å². The van der Waals surface area contributed by atoms with E-state index in [4.69, 9.17) is 0 Å². The Morgan fingerprint density at radius 1 is 1.30 bits per heavy atom. The Labute approximate surface area is 126 Å². The minimum Gasteiger partial charge on any atom is -0.0996 e. The van der Waals surface area contributed by atoms with Crippen molar-refractivity contribution in [2.45, 2.75) is 65.7 Å². The number of fused-ring (bicyclic) bond motifs is 1. The molecule has 0 aromatic carbocycles. The highest BCUT2D eigenvalue weighted by molar-refractivity contribution is 5.18. The number of allylic oxidation sites excluding steroid dienone is 3. The van der Waals surface area contributed by atoms with E-state index in [0.717, 1.165) is 12.3 Å². The fraction of sp³-hybridized carbons (Fsp3) is 0.700. The first kappa shape index (κ1) is 15.6. The van der Waals surface area contributed by atoms with Crippen LogP contribution in [0.1, 0.15) is 65.7 Å². The van der Waals surface area contributed by atoms with Crippen LogP contribution < -0.4 is 0 Å². The molecule has 3 atom stereocenters. The topological polar surface area (TPSA) is 0 Å². The van der Waals surface area contributed by atoms with Gasteiger partial charge in [0, 0.05) is 0 Å². The molecule has 0 N–H and O–H groups in total. The highest BCUT2D eigenvalue weighted by Gasteiger charge is 2.52. The van der Waals surface area contributed by atoms with Crippen LogP contribution in [0.5, 0.6) is 0 Å². The zero-order valence-corrected chi connectivity index (χ0v) is 13.8. The Kier molecular flexibility index (Phi) is 4.33. The van der Waals surface area contributed by atoms with E-state index in [-0.39, 0.29) is 0 Å². The monoisotopic (exact) mass is 272 g/mol. The summed E-state index contributed by atoms with van der Waals surface area (Å²) in [5.41, 5.74) is 3.64. The van der Waals surface area contributed by atoms with Crippen LogP contribution in [-0.4, -0.2) is 0 Å². The minimum atomic E-state index is 0.457. The lowest BCUT2D eigenvalue weighted by Crippen LogP contribution is -2.49. The molecular formula is C20H32. The lowest BCUT2D eigenvalue weighted by molar-refractivity contribution is -0.0538. The van der Waals surface area contributed by atoms with E-state index in [0.29, 0.717) is 16.7 Å².